The van der Waals surface area contributed by atoms with Crippen LogP contribution in [0.25, 0.3) is 11.1 Å². The molecular weight excluding hydrogens is 414 g/mol. The molecule has 1 aliphatic heterocycles. The molecule has 158 valence electrons. The molecule has 1 amide bonds. The number of esters is 1. The number of hydrogen-bond donors (Lipinski definition) is 1. The first-order valence-corrected chi connectivity index (χ1v) is 10.9. The van der Waals surface area contributed by atoms with E-state index in [1.54, 1.807) is 10.8 Å². The molecule has 3 aromatic rings. The van der Waals surface area contributed by atoms with Gasteiger partial charge in [0.05, 0.1) is 25.8 Å². The molecule has 0 bridgehead atoms. The number of fused-ring (bicyclic) bond motifs is 3. The van der Waals surface area contributed by atoms with Crippen LogP contribution < -0.4 is 0 Å². The van der Waals surface area contributed by atoms with Gasteiger partial charge in [0.1, 0.15) is 12.2 Å². The van der Waals surface area contributed by atoms with Crippen molar-refractivity contribution < 1.29 is 24.2 Å². The molecule has 1 N–H and O–H groups in total. The quantitative estimate of drug-likeness (QED) is 0.627. The third kappa shape index (κ3) is 3.21. The van der Waals surface area contributed by atoms with Crippen LogP contribution >= 0.6 is 11.3 Å². The molecule has 1 aromatic heterocycles. The lowest BCUT2D eigenvalue weighted by Crippen LogP contribution is -2.61. The second-order valence-corrected chi connectivity index (χ2v) is 8.63. The molecular formula is C24H21NO5S. The Bertz CT molecular complexity index is 1120. The van der Waals surface area contributed by atoms with Gasteiger partial charge in [0.2, 0.25) is 0 Å². The van der Waals surface area contributed by atoms with Gasteiger partial charge in [-0.3, -0.25) is 0 Å². The highest BCUT2D eigenvalue weighted by molar-refractivity contribution is 7.08. The van der Waals surface area contributed by atoms with Crippen molar-refractivity contribution in [1.29, 1.82) is 0 Å². The van der Waals surface area contributed by atoms with Crippen LogP contribution in [0.1, 0.15) is 33.0 Å². The first-order valence-electron chi connectivity index (χ1n) is 9.99. The van der Waals surface area contributed by atoms with E-state index in [0.717, 1.165) is 11.1 Å². The van der Waals surface area contributed by atoms with Gasteiger partial charge in [-0.15, -0.1) is 0 Å². The highest BCUT2D eigenvalue weighted by Crippen LogP contribution is 2.44. The third-order valence-electron chi connectivity index (χ3n) is 6.07. The van der Waals surface area contributed by atoms with Gasteiger partial charge in [-0.25, -0.2) is 9.59 Å². The number of rotatable bonds is 4. The molecule has 6 nitrogen and oxygen atoms in total. The molecule has 7 heteroatoms. The van der Waals surface area contributed by atoms with Gasteiger partial charge in [0.15, 0.2) is 0 Å². The molecule has 0 atom stereocenters. The zero-order valence-corrected chi connectivity index (χ0v) is 17.7. The maximum atomic E-state index is 12.6. The van der Waals surface area contributed by atoms with E-state index in [9.17, 15) is 14.7 Å². The normalized spacial score (nSPS) is 16.3. The number of aliphatic hydroxyl groups is 1. The second kappa shape index (κ2) is 7.51. The number of amides is 1. The number of likely N-dealkylation sites (tertiary alicyclic amines) is 1. The van der Waals surface area contributed by atoms with Crippen molar-refractivity contribution in [3.8, 4) is 11.1 Å². The van der Waals surface area contributed by atoms with Gasteiger partial charge in [-0.2, -0.15) is 11.3 Å². The summed E-state index contributed by atoms with van der Waals surface area (Å²) < 4.78 is 10.4. The Labute approximate surface area is 183 Å². The molecule has 1 fully saturated rings. The zero-order valence-electron chi connectivity index (χ0n) is 16.9. The number of nitrogens with zero attached hydrogens (tertiary/aromatic N) is 1. The number of β-amino-alcohol motifs (C(OH)–C–C–N with tert-alkyl or cyclic N) is 1. The largest absolute Gasteiger partial charge is 0.465 e. The molecule has 2 aromatic carbocycles. The zero-order chi connectivity index (χ0) is 21.6. The molecule has 0 saturated carbocycles. The lowest BCUT2D eigenvalue weighted by Gasteiger charge is -2.45. The molecule has 1 saturated heterocycles. The third-order valence-corrected chi connectivity index (χ3v) is 6.81. The highest BCUT2D eigenvalue weighted by Gasteiger charge is 2.48. The van der Waals surface area contributed by atoms with E-state index >= 15 is 0 Å². The Morgan fingerprint density at radius 2 is 1.68 bits per heavy atom. The number of benzene rings is 2. The van der Waals surface area contributed by atoms with Crippen LogP contribution in [0.3, 0.4) is 0 Å². The van der Waals surface area contributed by atoms with Crippen molar-refractivity contribution in [2.45, 2.75) is 11.5 Å². The van der Waals surface area contributed by atoms with Crippen LogP contribution in [0.15, 0.2) is 59.3 Å². The fourth-order valence-electron chi connectivity index (χ4n) is 4.50. The average molecular weight is 436 g/mol. The van der Waals surface area contributed by atoms with Crippen LogP contribution in [0.2, 0.25) is 0 Å². The molecule has 0 spiro atoms. The summed E-state index contributed by atoms with van der Waals surface area (Å²) in [5.41, 5.74) is 4.20. The first kappa shape index (κ1) is 19.8. The SMILES string of the molecule is COC(=O)c1cscc1C1(O)CN(C(=O)OCC2c3ccccc3-c3ccccc32)C1. The molecule has 5 rings (SSSR count). The summed E-state index contributed by atoms with van der Waals surface area (Å²) in [5.74, 6) is -0.511. The first-order chi connectivity index (χ1) is 15.0. The van der Waals surface area contributed by atoms with Crippen molar-refractivity contribution in [2.75, 3.05) is 26.8 Å². The number of carbonyl (C=O) groups excluding carboxylic acids is 2. The number of ether oxygens (including phenoxy) is 2. The number of methoxy groups -OCH3 is 1. The van der Waals surface area contributed by atoms with Crippen LogP contribution in [0.4, 0.5) is 4.79 Å². The van der Waals surface area contributed by atoms with Crippen LogP contribution in [-0.4, -0.2) is 48.9 Å². The summed E-state index contributed by atoms with van der Waals surface area (Å²) in [4.78, 5) is 26.0. The van der Waals surface area contributed by atoms with Crippen molar-refractivity contribution >= 4 is 23.4 Å². The van der Waals surface area contributed by atoms with Crippen LogP contribution in [-0.2, 0) is 15.1 Å². The van der Waals surface area contributed by atoms with Crippen molar-refractivity contribution in [1.82, 2.24) is 4.90 Å². The van der Waals surface area contributed by atoms with Gasteiger partial charge < -0.3 is 19.5 Å². The van der Waals surface area contributed by atoms with Crippen molar-refractivity contribution in [3.63, 3.8) is 0 Å². The minimum atomic E-state index is -1.27. The average Bonchev–Trinajstić information content (AvgIpc) is 3.38. The molecule has 2 aliphatic rings. The highest BCUT2D eigenvalue weighted by atomic mass is 32.1. The molecule has 31 heavy (non-hydrogen) atoms. The fourth-order valence-corrected chi connectivity index (χ4v) is 5.41. The number of thiophene rings is 1. The van der Waals surface area contributed by atoms with E-state index in [0.29, 0.717) is 11.1 Å². The van der Waals surface area contributed by atoms with E-state index in [-0.39, 0.29) is 25.6 Å². The summed E-state index contributed by atoms with van der Waals surface area (Å²) in [6.45, 7) is 0.377. The fraction of sp³-hybridized carbons (Fsp3) is 0.250. The summed E-state index contributed by atoms with van der Waals surface area (Å²) >= 11 is 1.31. The van der Waals surface area contributed by atoms with Gasteiger partial charge >= 0.3 is 12.1 Å². The Morgan fingerprint density at radius 3 is 2.29 bits per heavy atom. The summed E-state index contributed by atoms with van der Waals surface area (Å²) in [7, 11) is 1.30. The van der Waals surface area contributed by atoms with Crippen molar-refractivity contribution in [3.05, 3.63) is 81.5 Å². The Balaban J connectivity index is 1.26. The Morgan fingerprint density at radius 1 is 1.06 bits per heavy atom. The molecule has 0 unspecified atom stereocenters. The van der Waals surface area contributed by atoms with Gasteiger partial charge in [-0.1, -0.05) is 48.5 Å². The predicted molar refractivity (Wildman–Crippen MR) is 116 cm³/mol. The molecule has 0 radical (unpaired) electrons. The topological polar surface area (TPSA) is 76.1 Å². The van der Waals surface area contributed by atoms with Gasteiger partial charge in [0, 0.05) is 16.9 Å². The van der Waals surface area contributed by atoms with Gasteiger partial charge in [-0.05, 0) is 27.6 Å². The van der Waals surface area contributed by atoms with Crippen LogP contribution in [0.5, 0.6) is 0 Å². The van der Waals surface area contributed by atoms with E-state index < -0.39 is 17.7 Å². The second-order valence-electron chi connectivity index (χ2n) is 7.88. The standard InChI is InChI=1S/C24H21NO5S/c1-29-22(26)20-11-31-12-21(20)24(28)13-25(14-24)23(27)30-10-19-17-8-4-2-6-15(17)16-7-3-5-9-18(16)19/h2-9,11-12,19,28H,10,13-14H2,1H3. The van der Waals surface area contributed by atoms with Gasteiger partial charge in [0.25, 0.3) is 0 Å². The number of carbonyl (C=O) groups is 2. The lowest BCUT2D eigenvalue weighted by atomic mass is 9.86. The summed E-state index contributed by atoms with van der Waals surface area (Å²) in [6.07, 6.45) is -0.471. The number of hydrogen-bond acceptors (Lipinski definition) is 6. The maximum Gasteiger partial charge on any atom is 0.410 e. The maximum absolute atomic E-state index is 12.6. The minimum absolute atomic E-state index is 0.0145. The van der Waals surface area contributed by atoms with Crippen LogP contribution in [0, 0.1) is 0 Å². The van der Waals surface area contributed by atoms with E-state index in [4.69, 9.17) is 9.47 Å². The Hall–Kier alpha value is -3.16. The smallest absolute Gasteiger partial charge is 0.410 e. The monoisotopic (exact) mass is 435 g/mol. The summed E-state index contributed by atoms with van der Waals surface area (Å²) in [5, 5.41) is 14.3. The molecule has 1 aliphatic carbocycles. The molecule has 2 heterocycles. The predicted octanol–water partition coefficient (Wildman–Crippen LogP) is 3.99. The summed E-state index contributed by atoms with van der Waals surface area (Å²) in [6, 6.07) is 16.3. The van der Waals surface area contributed by atoms with Crippen molar-refractivity contribution in [2.24, 2.45) is 0 Å². The lowest BCUT2D eigenvalue weighted by molar-refractivity contribution is -0.0944. The Kier molecular flexibility index (Phi) is 4.79. The minimum Gasteiger partial charge on any atom is -0.465 e. The van der Waals surface area contributed by atoms with E-state index in [2.05, 4.69) is 24.3 Å². The van der Waals surface area contributed by atoms with E-state index in [1.807, 2.05) is 24.3 Å². The van der Waals surface area contributed by atoms with E-state index in [1.165, 1.54) is 34.5 Å².